The van der Waals surface area contributed by atoms with Gasteiger partial charge in [0.25, 0.3) is 0 Å². The molecule has 1 aromatic rings. The summed E-state index contributed by atoms with van der Waals surface area (Å²) in [5.41, 5.74) is -0.783. The molecule has 0 spiro atoms. The largest absolute Gasteiger partial charge is 0.462 e. The van der Waals surface area contributed by atoms with Gasteiger partial charge in [-0.3, -0.25) is 0 Å². The van der Waals surface area contributed by atoms with Gasteiger partial charge < -0.3 is 4.74 Å². The molecule has 0 bridgehead atoms. The summed E-state index contributed by atoms with van der Waals surface area (Å²) in [6, 6.07) is 0. The van der Waals surface area contributed by atoms with Crippen LogP contribution in [0.15, 0.2) is 12.2 Å². The first-order valence-corrected chi connectivity index (χ1v) is 5.60. The Kier molecular flexibility index (Phi) is 5.24. The smallest absolute Gasteiger partial charge is 0.333 e. The summed E-state index contributed by atoms with van der Waals surface area (Å²) in [4.78, 5) is 11.0. The zero-order chi connectivity index (χ0) is 15.4. The van der Waals surface area contributed by atoms with E-state index < -0.39 is 47.0 Å². The highest BCUT2D eigenvalue weighted by molar-refractivity contribution is 5.86. The van der Waals surface area contributed by atoms with Gasteiger partial charge in [-0.2, -0.15) is 0 Å². The average Bonchev–Trinajstić information content (AvgIpc) is 2.41. The number of esters is 1. The van der Waals surface area contributed by atoms with Crippen LogP contribution in [-0.4, -0.2) is 12.6 Å². The predicted octanol–water partition coefficient (Wildman–Crippen LogP) is 3.43. The Balaban J connectivity index is 2.75. The Morgan fingerprint density at radius 3 is 1.90 bits per heavy atom. The first-order chi connectivity index (χ1) is 9.27. The van der Waals surface area contributed by atoms with E-state index in [0.717, 1.165) is 0 Å². The van der Waals surface area contributed by atoms with Gasteiger partial charge in [-0.1, -0.05) is 6.58 Å². The normalized spacial score (nSPS) is 10.5. The van der Waals surface area contributed by atoms with Crippen molar-refractivity contribution in [3.63, 3.8) is 0 Å². The molecule has 0 aliphatic heterocycles. The minimum absolute atomic E-state index is 0.0859. The molecule has 0 aliphatic rings. The van der Waals surface area contributed by atoms with Gasteiger partial charge in [0.05, 0.1) is 6.61 Å². The standard InChI is InChI=1S/C13H11F5O2/c1-6(2)13(19)20-5-3-4-7-8(14)10(16)12(18)11(17)9(7)15/h1,3-5H2,2H3. The number of rotatable bonds is 5. The first-order valence-electron chi connectivity index (χ1n) is 5.60. The maximum Gasteiger partial charge on any atom is 0.333 e. The molecule has 0 heterocycles. The van der Waals surface area contributed by atoms with Crippen LogP contribution in [0.2, 0.25) is 0 Å². The molecule has 20 heavy (non-hydrogen) atoms. The molecule has 0 aromatic heterocycles. The van der Waals surface area contributed by atoms with Gasteiger partial charge in [0.15, 0.2) is 23.3 Å². The summed E-state index contributed by atoms with van der Waals surface area (Å²) in [6.07, 6.45) is -0.535. The van der Waals surface area contributed by atoms with Gasteiger partial charge in [-0.05, 0) is 19.8 Å². The Bertz CT molecular complexity index is 525. The molecule has 0 amide bonds. The van der Waals surface area contributed by atoms with Crippen LogP contribution < -0.4 is 0 Å². The first kappa shape index (κ1) is 16.1. The number of carbonyl (C=O) groups is 1. The Morgan fingerprint density at radius 2 is 1.45 bits per heavy atom. The van der Waals surface area contributed by atoms with Crippen molar-refractivity contribution >= 4 is 5.97 Å². The summed E-state index contributed by atoms with van der Waals surface area (Å²) in [5.74, 6) is -10.6. The number of hydrogen-bond acceptors (Lipinski definition) is 2. The van der Waals surface area contributed by atoms with Crippen molar-refractivity contribution in [3.05, 3.63) is 46.8 Å². The Morgan fingerprint density at radius 1 is 1.00 bits per heavy atom. The Hall–Kier alpha value is -1.92. The van der Waals surface area contributed by atoms with Crippen LogP contribution >= 0.6 is 0 Å². The second-order valence-corrected chi connectivity index (χ2v) is 4.07. The number of ether oxygens (including phenoxy) is 1. The van der Waals surface area contributed by atoms with Crippen LogP contribution in [0.3, 0.4) is 0 Å². The molecule has 0 radical (unpaired) electrons. The van der Waals surface area contributed by atoms with Crippen molar-refractivity contribution in [1.29, 1.82) is 0 Å². The molecular formula is C13H11F5O2. The molecule has 7 heteroatoms. The van der Waals surface area contributed by atoms with Crippen LogP contribution in [0.4, 0.5) is 22.0 Å². The molecule has 0 saturated carbocycles. The molecule has 0 aliphatic carbocycles. The van der Waals surface area contributed by atoms with Crippen LogP contribution in [0.25, 0.3) is 0 Å². The highest BCUT2D eigenvalue weighted by Gasteiger charge is 2.25. The SMILES string of the molecule is C=C(C)C(=O)OCCCc1c(F)c(F)c(F)c(F)c1F. The zero-order valence-electron chi connectivity index (χ0n) is 10.5. The van der Waals surface area contributed by atoms with Gasteiger partial charge >= 0.3 is 5.97 Å². The fourth-order valence-electron chi connectivity index (χ4n) is 1.41. The third-order valence-electron chi connectivity index (χ3n) is 2.45. The van der Waals surface area contributed by atoms with E-state index in [1.54, 1.807) is 0 Å². The molecule has 2 nitrogen and oxygen atoms in total. The lowest BCUT2D eigenvalue weighted by atomic mass is 10.1. The zero-order valence-corrected chi connectivity index (χ0v) is 10.5. The highest BCUT2D eigenvalue weighted by atomic mass is 19.2. The van der Waals surface area contributed by atoms with E-state index in [2.05, 4.69) is 11.3 Å². The van der Waals surface area contributed by atoms with Crippen molar-refractivity contribution < 1.29 is 31.5 Å². The molecule has 0 N–H and O–H groups in total. The van der Waals surface area contributed by atoms with Crippen molar-refractivity contribution in [1.82, 2.24) is 0 Å². The fraction of sp³-hybridized carbons (Fsp3) is 0.308. The third kappa shape index (κ3) is 3.34. The molecular weight excluding hydrogens is 283 g/mol. The van der Waals surface area contributed by atoms with E-state index in [1.165, 1.54) is 6.92 Å². The monoisotopic (exact) mass is 294 g/mol. The van der Waals surface area contributed by atoms with E-state index >= 15 is 0 Å². The lowest BCUT2D eigenvalue weighted by Crippen LogP contribution is -2.10. The van der Waals surface area contributed by atoms with E-state index in [4.69, 9.17) is 0 Å². The fourth-order valence-corrected chi connectivity index (χ4v) is 1.41. The van der Waals surface area contributed by atoms with Gasteiger partial charge in [-0.25, -0.2) is 26.7 Å². The van der Waals surface area contributed by atoms with Crippen molar-refractivity contribution in [2.45, 2.75) is 19.8 Å². The topological polar surface area (TPSA) is 26.3 Å². The van der Waals surface area contributed by atoms with E-state index in [1.807, 2.05) is 0 Å². The second kappa shape index (κ2) is 6.49. The van der Waals surface area contributed by atoms with Crippen LogP contribution in [0.5, 0.6) is 0 Å². The number of halogens is 5. The van der Waals surface area contributed by atoms with Crippen molar-refractivity contribution in [2.75, 3.05) is 6.61 Å². The van der Waals surface area contributed by atoms with Crippen LogP contribution in [0, 0.1) is 29.1 Å². The quantitative estimate of drug-likeness (QED) is 0.208. The van der Waals surface area contributed by atoms with Gasteiger partial charge in [0.1, 0.15) is 0 Å². The minimum atomic E-state index is -2.20. The number of hydrogen-bond donors (Lipinski definition) is 0. The highest BCUT2D eigenvalue weighted by Crippen LogP contribution is 2.23. The summed E-state index contributed by atoms with van der Waals surface area (Å²) >= 11 is 0. The summed E-state index contributed by atoms with van der Waals surface area (Å²) < 4.78 is 69.7. The minimum Gasteiger partial charge on any atom is -0.462 e. The molecule has 110 valence electrons. The molecule has 0 fully saturated rings. The molecule has 1 rings (SSSR count). The lowest BCUT2D eigenvalue weighted by molar-refractivity contribution is -0.139. The van der Waals surface area contributed by atoms with Crippen molar-refractivity contribution in [2.24, 2.45) is 0 Å². The molecule has 1 aromatic carbocycles. The van der Waals surface area contributed by atoms with Crippen LogP contribution in [0.1, 0.15) is 18.9 Å². The lowest BCUT2D eigenvalue weighted by Gasteiger charge is -2.08. The molecule has 0 saturated heterocycles. The third-order valence-corrected chi connectivity index (χ3v) is 2.45. The van der Waals surface area contributed by atoms with E-state index in [0.29, 0.717) is 0 Å². The second-order valence-electron chi connectivity index (χ2n) is 4.07. The van der Waals surface area contributed by atoms with Gasteiger partial charge in [-0.15, -0.1) is 0 Å². The molecule has 0 unspecified atom stereocenters. The Labute approximate surface area is 111 Å². The number of benzene rings is 1. The summed E-state index contributed by atoms with van der Waals surface area (Å²) in [6.45, 7) is 4.51. The van der Waals surface area contributed by atoms with E-state index in [-0.39, 0.29) is 18.6 Å². The van der Waals surface area contributed by atoms with Crippen LogP contribution in [-0.2, 0) is 16.0 Å². The average molecular weight is 294 g/mol. The van der Waals surface area contributed by atoms with Gasteiger partial charge in [0.2, 0.25) is 5.82 Å². The maximum atomic E-state index is 13.3. The van der Waals surface area contributed by atoms with Crippen molar-refractivity contribution in [3.8, 4) is 0 Å². The summed E-state index contributed by atoms with van der Waals surface area (Å²) in [5, 5.41) is 0. The van der Waals surface area contributed by atoms with Gasteiger partial charge in [0, 0.05) is 11.1 Å². The number of carbonyl (C=O) groups excluding carboxylic acids is 1. The maximum absolute atomic E-state index is 13.3. The summed E-state index contributed by atoms with van der Waals surface area (Å²) in [7, 11) is 0. The molecule has 0 atom stereocenters. The van der Waals surface area contributed by atoms with E-state index in [9.17, 15) is 26.7 Å². The predicted molar refractivity (Wildman–Crippen MR) is 60.3 cm³/mol.